The van der Waals surface area contributed by atoms with E-state index >= 15 is 0 Å². The summed E-state index contributed by atoms with van der Waals surface area (Å²) in [7, 11) is 1.70. The molecule has 0 amide bonds. The van der Waals surface area contributed by atoms with Crippen molar-refractivity contribution < 1.29 is 4.74 Å². The number of benzene rings is 2. The summed E-state index contributed by atoms with van der Waals surface area (Å²) in [6.45, 7) is 5.31. The predicted octanol–water partition coefficient (Wildman–Crippen LogP) is 4.86. The first-order valence-corrected chi connectivity index (χ1v) is 8.09. The SMILES string of the molecule is CCCNC(c1ccccc1C)c1cc(OC)ccc1Br. The molecule has 0 aliphatic heterocycles. The normalized spacial score (nSPS) is 12.2. The number of hydrogen-bond donors (Lipinski definition) is 1. The van der Waals surface area contributed by atoms with E-state index in [1.165, 1.54) is 16.7 Å². The zero-order valence-corrected chi connectivity index (χ0v) is 14.4. The molecular weight excluding hydrogens is 326 g/mol. The fourth-order valence-corrected chi connectivity index (χ4v) is 2.93. The Kier molecular flexibility index (Phi) is 5.83. The van der Waals surface area contributed by atoms with Gasteiger partial charge in [0.25, 0.3) is 0 Å². The van der Waals surface area contributed by atoms with Gasteiger partial charge in [-0.25, -0.2) is 0 Å². The molecule has 0 spiro atoms. The Hall–Kier alpha value is -1.32. The minimum absolute atomic E-state index is 0.163. The number of nitrogens with one attached hydrogen (secondary N) is 1. The maximum atomic E-state index is 5.38. The first kappa shape index (κ1) is 16.1. The van der Waals surface area contributed by atoms with Crippen LogP contribution in [0.2, 0.25) is 0 Å². The average molecular weight is 348 g/mol. The summed E-state index contributed by atoms with van der Waals surface area (Å²) in [5, 5.41) is 3.65. The monoisotopic (exact) mass is 347 g/mol. The van der Waals surface area contributed by atoms with Crippen molar-refractivity contribution in [2.75, 3.05) is 13.7 Å². The lowest BCUT2D eigenvalue weighted by Crippen LogP contribution is -2.24. The van der Waals surface area contributed by atoms with Crippen molar-refractivity contribution in [3.8, 4) is 5.75 Å². The van der Waals surface area contributed by atoms with E-state index in [4.69, 9.17) is 4.74 Å². The number of halogens is 1. The fourth-order valence-electron chi connectivity index (χ4n) is 2.46. The summed E-state index contributed by atoms with van der Waals surface area (Å²) in [5.41, 5.74) is 3.80. The molecule has 2 aromatic rings. The van der Waals surface area contributed by atoms with Crippen molar-refractivity contribution in [3.05, 3.63) is 63.6 Å². The molecule has 0 saturated carbocycles. The molecule has 3 heteroatoms. The van der Waals surface area contributed by atoms with Gasteiger partial charge in [-0.05, 0) is 54.8 Å². The second-order valence-corrected chi connectivity index (χ2v) is 5.99. The minimum atomic E-state index is 0.163. The van der Waals surface area contributed by atoms with Crippen molar-refractivity contribution in [1.29, 1.82) is 0 Å². The Morgan fingerprint density at radius 1 is 1.14 bits per heavy atom. The van der Waals surface area contributed by atoms with Crippen molar-refractivity contribution in [3.63, 3.8) is 0 Å². The van der Waals surface area contributed by atoms with E-state index in [9.17, 15) is 0 Å². The summed E-state index contributed by atoms with van der Waals surface area (Å²) >= 11 is 3.68. The summed E-state index contributed by atoms with van der Waals surface area (Å²) in [6.07, 6.45) is 1.10. The molecule has 0 heterocycles. The van der Waals surface area contributed by atoms with E-state index in [1.54, 1.807) is 7.11 Å². The van der Waals surface area contributed by atoms with Crippen LogP contribution in [-0.4, -0.2) is 13.7 Å². The van der Waals surface area contributed by atoms with Crippen molar-refractivity contribution in [1.82, 2.24) is 5.32 Å². The number of ether oxygens (including phenoxy) is 1. The van der Waals surface area contributed by atoms with Crippen LogP contribution in [0.1, 0.15) is 36.1 Å². The first-order chi connectivity index (χ1) is 10.2. The molecule has 1 atom stereocenters. The third-order valence-electron chi connectivity index (χ3n) is 3.61. The number of methoxy groups -OCH3 is 1. The molecular formula is C18H22BrNO. The molecule has 0 aliphatic rings. The lowest BCUT2D eigenvalue weighted by molar-refractivity contribution is 0.413. The zero-order chi connectivity index (χ0) is 15.2. The number of rotatable bonds is 6. The molecule has 1 unspecified atom stereocenters. The quantitative estimate of drug-likeness (QED) is 0.805. The van der Waals surface area contributed by atoms with Gasteiger partial charge in [0.1, 0.15) is 5.75 Å². The second kappa shape index (κ2) is 7.62. The van der Waals surface area contributed by atoms with Crippen molar-refractivity contribution in [2.24, 2.45) is 0 Å². The highest BCUT2D eigenvalue weighted by molar-refractivity contribution is 9.10. The third kappa shape index (κ3) is 3.86. The highest BCUT2D eigenvalue weighted by Crippen LogP contribution is 2.33. The van der Waals surface area contributed by atoms with Gasteiger partial charge in [-0.2, -0.15) is 0 Å². The Labute approximate surface area is 135 Å². The average Bonchev–Trinajstić information content (AvgIpc) is 2.50. The van der Waals surface area contributed by atoms with E-state index in [0.717, 1.165) is 23.2 Å². The number of aryl methyl sites for hydroxylation is 1. The minimum Gasteiger partial charge on any atom is -0.497 e. The van der Waals surface area contributed by atoms with Crippen LogP contribution in [-0.2, 0) is 0 Å². The van der Waals surface area contributed by atoms with Gasteiger partial charge in [-0.1, -0.05) is 47.1 Å². The van der Waals surface area contributed by atoms with E-state index in [2.05, 4.69) is 65.4 Å². The molecule has 21 heavy (non-hydrogen) atoms. The highest BCUT2D eigenvalue weighted by atomic mass is 79.9. The topological polar surface area (TPSA) is 21.3 Å². The maximum Gasteiger partial charge on any atom is 0.119 e. The van der Waals surface area contributed by atoms with E-state index < -0.39 is 0 Å². The molecule has 0 aliphatic carbocycles. The van der Waals surface area contributed by atoms with Gasteiger partial charge < -0.3 is 10.1 Å². The highest BCUT2D eigenvalue weighted by Gasteiger charge is 2.18. The second-order valence-electron chi connectivity index (χ2n) is 5.13. The molecule has 0 bridgehead atoms. The standard InChI is InChI=1S/C18H22BrNO/c1-4-11-20-18(15-8-6-5-7-13(15)2)16-12-14(21-3)9-10-17(16)19/h5-10,12,18,20H,4,11H2,1-3H3. The van der Waals surface area contributed by atoms with E-state index in [-0.39, 0.29) is 6.04 Å². The Morgan fingerprint density at radius 3 is 2.57 bits per heavy atom. The van der Waals surface area contributed by atoms with Crippen LogP contribution in [0.5, 0.6) is 5.75 Å². The van der Waals surface area contributed by atoms with E-state index in [0.29, 0.717) is 0 Å². The molecule has 0 saturated heterocycles. The summed E-state index contributed by atoms with van der Waals surface area (Å²) in [5.74, 6) is 0.880. The van der Waals surface area contributed by atoms with Gasteiger partial charge in [0, 0.05) is 4.47 Å². The lowest BCUT2D eigenvalue weighted by Gasteiger charge is -2.23. The lowest BCUT2D eigenvalue weighted by atomic mass is 9.94. The fraction of sp³-hybridized carbons (Fsp3) is 0.333. The largest absolute Gasteiger partial charge is 0.497 e. The summed E-state index contributed by atoms with van der Waals surface area (Å²) in [6, 6.07) is 14.8. The predicted molar refractivity (Wildman–Crippen MR) is 92.0 cm³/mol. The number of hydrogen-bond acceptors (Lipinski definition) is 2. The molecule has 0 radical (unpaired) electrons. The van der Waals surface area contributed by atoms with Crippen LogP contribution >= 0.6 is 15.9 Å². The van der Waals surface area contributed by atoms with Crippen LogP contribution in [0.15, 0.2) is 46.9 Å². The van der Waals surface area contributed by atoms with Gasteiger partial charge in [0.05, 0.1) is 13.2 Å². The Morgan fingerprint density at radius 2 is 1.90 bits per heavy atom. The summed E-state index contributed by atoms with van der Waals surface area (Å²) < 4.78 is 6.48. The van der Waals surface area contributed by atoms with Crippen LogP contribution in [0.3, 0.4) is 0 Å². The van der Waals surface area contributed by atoms with Crippen LogP contribution in [0.25, 0.3) is 0 Å². The molecule has 2 nitrogen and oxygen atoms in total. The van der Waals surface area contributed by atoms with Crippen molar-refractivity contribution >= 4 is 15.9 Å². The van der Waals surface area contributed by atoms with Gasteiger partial charge >= 0.3 is 0 Å². The smallest absolute Gasteiger partial charge is 0.119 e. The molecule has 1 N–H and O–H groups in total. The van der Waals surface area contributed by atoms with E-state index in [1.807, 2.05) is 12.1 Å². The molecule has 112 valence electrons. The molecule has 0 fully saturated rings. The zero-order valence-electron chi connectivity index (χ0n) is 12.8. The Balaban J connectivity index is 2.48. The summed E-state index contributed by atoms with van der Waals surface area (Å²) in [4.78, 5) is 0. The third-order valence-corrected chi connectivity index (χ3v) is 4.33. The molecule has 2 rings (SSSR count). The van der Waals surface area contributed by atoms with Crippen LogP contribution in [0.4, 0.5) is 0 Å². The van der Waals surface area contributed by atoms with Crippen LogP contribution < -0.4 is 10.1 Å². The first-order valence-electron chi connectivity index (χ1n) is 7.29. The molecule has 2 aromatic carbocycles. The van der Waals surface area contributed by atoms with Gasteiger partial charge in [-0.3, -0.25) is 0 Å². The Bertz CT molecular complexity index is 598. The van der Waals surface area contributed by atoms with Crippen LogP contribution in [0, 0.1) is 6.92 Å². The van der Waals surface area contributed by atoms with Crippen molar-refractivity contribution in [2.45, 2.75) is 26.3 Å². The van der Waals surface area contributed by atoms with Gasteiger partial charge in [0.2, 0.25) is 0 Å². The molecule has 0 aromatic heterocycles. The van der Waals surface area contributed by atoms with Gasteiger partial charge in [-0.15, -0.1) is 0 Å². The van der Waals surface area contributed by atoms with Gasteiger partial charge in [0.15, 0.2) is 0 Å². The maximum absolute atomic E-state index is 5.38.